The Labute approximate surface area is 213 Å². The monoisotopic (exact) mass is 495 g/mol. The molecule has 36 heavy (non-hydrogen) atoms. The molecule has 8 heteroatoms. The van der Waals surface area contributed by atoms with Crippen LogP contribution in [0.25, 0.3) is 0 Å². The Morgan fingerprint density at radius 1 is 1.03 bits per heavy atom. The van der Waals surface area contributed by atoms with Crippen molar-refractivity contribution in [2.45, 2.75) is 57.2 Å². The Balaban J connectivity index is 1.72. The Kier molecular flexibility index (Phi) is 9.23. The summed E-state index contributed by atoms with van der Waals surface area (Å²) in [7, 11) is 0. The molecule has 0 saturated carbocycles. The van der Waals surface area contributed by atoms with Gasteiger partial charge in [-0.2, -0.15) is 0 Å². The van der Waals surface area contributed by atoms with Gasteiger partial charge in [-0.05, 0) is 44.7 Å². The van der Waals surface area contributed by atoms with Crippen molar-refractivity contribution in [3.8, 4) is 0 Å². The van der Waals surface area contributed by atoms with Crippen LogP contribution in [-0.2, 0) is 35.9 Å². The highest BCUT2D eigenvalue weighted by molar-refractivity contribution is 5.92. The number of esters is 1. The number of likely N-dealkylation sites (tertiary alicyclic amines) is 1. The topological polar surface area (TPSA) is 111 Å². The van der Waals surface area contributed by atoms with Crippen molar-refractivity contribution in [1.82, 2.24) is 10.2 Å². The molecule has 8 nitrogen and oxygen atoms in total. The Hall–Kier alpha value is -3.23. The largest absolute Gasteiger partial charge is 0.465 e. The number of rotatable bonds is 10. The van der Waals surface area contributed by atoms with Gasteiger partial charge in [0, 0.05) is 13.1 Å². The van der Waals surface area contributed by atoms with Crippen LogP contribution in [0, 0.1) is 0 Å². The van der Waals surface area contributed by atoms with Crippen molar-refractivity contribution in [3.63, 3.8) is 0 Å². The highest BCUT2D eigenvalue weighted by Crippen LogP contribution is 2.37. The summed E-state index contributed by atoms with van der Waals surface area (Å²) in [4.78, 5) is 40.9. The maximum atomic E-state index is 13.5. The van der Waals surface area contributed by atoms with E-state index in [2.05, 4.69) is 5.32 Å². The molecule has 1 aliphatic heterocycles. The average molecular weight is 496 g/mol. The van der Waals surface area contributed by atoms with Gasteiger partial charge in [0.1, 0.15) is 6.04 Å². The van der Waals surface area contributed by atoms with Gasteiger partial charge in [-0.25, -0.2) is 0 Å². The number of amides is 2. The minimum Gasteiger partial charge on any atom is -0.465 e. The minimum atomic E-state index is -1.15. The first-order valence-electron chi connectivity index (χ1n) is 12.4. The highest BCUT2D eigenvalue weighted by atomic mass is 16.5. The number of nitrogens with zero attached hydrogens (tertiary/aromatic N) is 1. The zero-order chi connectivity index (χ0) is 26.2. The normalized spacial score (nSPS) is 16.2. The first-order chi connectivity index (χ1) is 17.2. The lowest BCUT2D eigenvalue weighted by Crippen LogP contribution is -2.59. The maximum absolute atomic E-state index is 13.5. The highest BCUT2D eigenvalue weighted by Gasteiger charge is 2.45. The van der Waals surface area contributed by atoms with E-state index in [1.807, 2.05) is 60.7 Å². The smallest absolute Gasteiger partial charge is 0.316 e. The van der Waals surface area contributed by atoms with Crippen LogP contribution in [-0.4, -0.2) is 60.6 Å². The van der Waals surface area contributed by atoms with Gasteiger partial charge < -0.3 is 25.4 Å². The van der Waals surface area contributed by atoms with Crippen molar-refractivity contribution in [2.24, 2.45) is 5.73 Å². The van der Waals surface area contributed by atoms with Crippen LogP contribution in [0.4, 0.5) is 0 Å². The lowest BCUT2D eigenvalue weighted by atomic mass is 9.72. The van der Waals surface area contributed by atoms with Crippen LogP contribution in [0.2, 0.25) is 0 Å². The maximum Gasteiger partial charge on any atom is 0.316 e. The van der Waals surface area contributed by atoms with Crippen LogP contribution >= 0.6 is 0 Å². The van der Waals surface area contributed by atoms with E-state index >= 15 is 0 Å². The molecule has 1 aliphatic rings. The second kappa shape index (κ2) is 12.1. The third-order valence-corrected chi connectivity index (χ3v) is 6.51. The van der Waals surface area contributed by atoms with Crippen molar-refractivity contribution in [1.29, 1.82) is 0 Å². The molecule has 2 aromatic rings. The molecule has 0 spiro atoms. The second-order valence-electron chi connectivity index (χ2n) is 9.74. The number of nitrogens with two attached hydrogens (primary N) is 1. The van der Waals surface area contributed by atoms with Gasteiger partial charge in [0.15, 0.2) is 0 Å². The van der Waals surface area contributed by atoms with E-state index < -0.39 is 22.9 Å². The summed E-state index contributed by atoms with van der Waals surface area (Å²) in [5, 5.41) is 2.76. The van der Waals surface area contributed by atoms with Crippen LogP contribution in [0.3, 0.4) is 0 Å². The van der Waals surface area contributed by atoms with Crippen molar-refractivity contribution in [3.05, 3.63) is 71.8 Å². The van der Waals surface area contributed by atoms with Gasteiger partial charge in [0.25, 0.3) is 0 Å². The fraction of sp³-hybridized carbons (Fsp3) is 0.464. The molecule has 1 heterocycles. The lowest BCUT2D eigenvalue weighted by molar-refractivity contribution is -0.154. The van der Waals surface area contributed by atoms with Crippen LogP contribution < -0.4 is 11.1 Å². The fourth-order valence-electron chi connectivity index (χ4n) is 4.35. The first kappa shape index (κ1) is 27.4. The van der Waals surface area contributed by atoms with Gasteiger partial charge in [0.2, 0.25) is 11.8 Å². The number of piperidine rings is 1. The Morgan fingerprint density at radius 2 is 1.61 bits per heavy atom. The zero-order valence-corrected chi connectivity index (χ0v) is 21.4. The predicted octanol–water partition coefficient (Wildman–Crippen LogP) is 2.55. The molecular formula is C28H37N3O5. The second-order valence-corrected chi connectivity index (χ2v) is 9.74. The molecule has 194 valence electrons. The molecule has 0 radical (unpaired) electrons. The summed E-state index contributed by atoms with van der Waals surface area (Å²) in [5.41, 5.74) is 5.85. The number of ether oxygens (including phenoxy) is 2. The van der Waals surface area contributed by atoms with Crippen LogP contribution in [0.5, 0.6) is 0 Å². The minimum absolute atomic E-state index is 0.00769. The molecule has 1 fully saturated rings. The van der Waals surface area contributed by atoms with E-state index in [1.165, 1.54) is 0 Å². The molecule has 0 bridgehead atoms. The summed E-state index contributed by atoms with van der Waals surface area (Å²) < 4.78 is 11.2. The van der Waals surface area contributed by atoms with E-state index in [9.17, 15) is 14.4 Å². The average Bonchev–Trinajstić information content (AvgIpc) is 2.88. The molecular weight excluding hydrogens is 458 g/mol. The van der Waals surface area contributed by atoms with E-state index in [0.717, 1.165) is 11.1 Å². The summed E-state index contributed by atoms with van der Waals surface area (Å²) >= 11 is 0. The molecule has 1 atom stereocenters. The van der Waals surface area contributed by atoms with Crippen molar-refractivity contribution >= 4 is 17.8 Å². The summed E-state index contributed by atoms with van der Waals surface area (Å²) in [6.07, 6.45) is 0.852. The Bertz CT molecular complexity index is 1010. The number of nitrogens with one attached hydrogen (secondary N) is 1. The van der Waals surface area contributed by atoms with Gasteiger partial charge in [-0.15, -0.1) is 0 Å². The summed E-state index contributed by atoms with van der Waals surface area (Å²) in [6.45, 7) is 6.27. The molecule has 1 saturated heterocycles. The summed E-state index contributed by atoms with van der Waals surface area (Å²) in [5.74, 6) is -0.971. The van der Waals surface area contributed by atoms with Gasteiger partial charge >= 0.3 is 5.97 Å². The van der Waals surface area contributed by atoms with E-state index in [4.69, 9.17) is 15.2 Å². The predicted molar refractivity (Wildman–Crippen MR) is 137 cm³/mol. The fourth-order valence-corrected chi connectivity index (χ4v) is 4.35. The third-order valence-electron chi connectivity index (χ3n) is 6.51. The van der Waals surface area contributed by atoms with Crippen molar-refractivity contribution in [2.75, 3.05) is 26.3 Å². The number of carbonyl (C=O) groups is 3. The lowest BCUT2D eigenvalue weighted by Gasteiger charge is -2.41. The van der Waals surface area contributed by atoms with Crippen LogP contribution in [0.15, 0.2) is 60.7 Å². The molecule has 3 N–H and O–H groups in total. The molecule has 0 unspecified atom stereocenters. The third kappa shape index (κ3) is 6.71. The molecule has 0 aliphatic carbocycles. The Morgan fingerprint density at radius 3 is 2.17 bits per heavy atom. The number of carbonyl (C=O) groups excluding carboxylic acids is 3. The summed E-state index contributed by atoms with van der Waals surface area (Å²) in [6, 6.07) is 18.3. The van der Waals surface area contributed by atoms with Gasteiger partial charge in [-0.3, -0.25) is 14.4 Å². The van der Waals surface area contributed by atoms with Crippen molar-refractivity contribution < 1.29 is 23.9 Å². The molecule has 3 rings (SSSR count). The number of hydrogen-bond acceptors (Lipinski definition) is 6. The molecule has 2 amide bonds. The van der Waals surface area contributed by atoms with E-state index in [1.54, 1.807) is 25.7 Å². The quantitative estimate of drug-likeness (QED) is 0.490. The van der Waals surface area contributed by atoms with E-state index in [0.29, 0.717) is 32.5 Å². The SMILES string of the molecule is CCOC(=O)C1(c2ccccc2)CCN(C(=O)[C@@H](COCc2ccccc2)NC(=O)C(C)(C)N)CC1. The molecule has 2 aromatic carbocycles. The van der Waals surface area contributed by atoms with E-state index in [-0.39, 0.29) is 25.1 Å². The van der Waals surface area contributed by atoms with Gasteiger partial charge in [0.05, 0.1) is 30.8 Å². The molecule has 0 aromatic heterocycles. The van der Waals surface area contributed by atoms with Crippen LogP contribution in [0.1, 0.15) is 44.7 Å². The number of hydrogen-bond donors (Lipinski definition) is 2. The standard InChI is InChI=1S/C28H37N3O5/c1-4-36-26(34)28(22-13-9-6-10-14-22)15-17-31(18-16-28)24(32)23(30-25(33)27(2,3)29)20-35-19-21-11-7-5-8-12-21/h5-14,23H,4,15-20,29H2,1-3H3,(H,30,33)/t23-/m1/s1. The number of benzene rings is 2. The first-order valence-corrected chi connectivity index (χ1v) is 12.4. The van der Waals surface area contributed by atoms with Gasteiger partial charge in [-0.1, -0.05) is 60.7 Å². The zero-order valence-electron chi connectivity index (χ0n) is 21.4.